The predicted octanol–water partition coefficient (Wildman–Crippen LogP) is 0.608. The fourth-order valence-electron chi connectivity index (χ4n) is 2.23. The second kappa shape index (κ2) is 8.06. The number of nitrogens with zero attached hydrogens (tertiary/aromatic N) is 1. The third kappa shape index (κ3) is 3.94. The van der Waals surface area contributed by atoms with E-state index in [4.69, 9.17) is 0 Å². The Morgan fingerprint density at radius 2 is 1.96 bits per heavy atom. The summed E-state index contributed by atoms with van der Waals surface area (Å²) >= 11 is 0. The van der Waals surface area contributed by atoms with E-state index in [0.29, 0.717) is 11.8 Å². The normalized spacial score (nSPS) is 10.2. The van der Waals surface area contributed by atoms with Gasteiger partial charge in [0, 0.05) is 12.7 Å². The number of methoxy groups -OCH3 is 1. The first-order chi connectivity index (χ1) is 12.4. The van der Waals surface area contributed by atoms with Crippen molar-refractivity contribution < 1.29 is 28.6 Å². The summed E-state index contributed by atoms with van der Waals surface area (Å²) in [5.74, 6) is -3.28. The molecule has 0 aliphatic rings. The third-order valence-electron chi connectivity index (χ3n) is 3.52. The third-order valence-corrected chi connectivity index (χ3v) is 3.52. The minimum atomic E-state index is -1.08. The van der Waals surface area contributed by atoms with Gasteiger partial charge in [0.25, 0.3) is 5.91 Å². The lowest BCUT2D eigenvalue weighted by molar-refractivity contribution is -0.108. The Morgan fingerprint density at radius 3 is 2.54 bits per heavy atom. The van der Waals surface area contributed by atoms with Gasteiger partial charge in [-0.2, -0.15) is 0 Å². The monoisotopic (exact) mass is 362 g/mol. The number of aromatic hydroxyl groups is 1. The molecule has 0 radical (unpaired) electrons. The van der Waals surface area contributed by atoms with Crippen molar-refractivity contribution in [2.24, 2.45) is 0 Å². The van der Waals surface area contributed by atoms with E-state index in [1.54, 1.807) is 0 Å². The van der Waals surface area contributed by atoms with Crippen LogP contribution in [0.1, 0.15) is 26.4 Å². The molecule has 8 nitrogen and oxygen atoms in total. The van der Waals surface area contributed by atoms with Gasteiger partial charge in [-0.25, -0.2) is 9.18 Å². The van der Waals surface area contributed by atoms with Gasteiger partial charge in [-0.1, -0.05) is 12.1 Å². The van der Waals surface area contributed by atoms with Gasteiger partial charge in [0.15, 0.2) is 11.4 Å². The van der Waals surface area contributed by atoms with Crippen LogP contribution in [-0.2, 0) is 22.6 Å². The van der Waals surface area contributed by atoms with Gasteiger partial charge in [0.05, 0.1) is 13.7 Å². The van der Waals surface area contributed by atoms with Crippen LogP contribution in [0.4, 0.5) is 4.39 Å². The number of hydrogen-bond acceptors (Lipinski definition) is 6. The molecule has 0 spiro atoms. The highest BCUT2D eigenvalue weighted by molar-refractivity contribution is 5.96. The van der Waals surface area contributed by atoms with Crippen LogP contribution in [0, 0.1) is 5.82 Å². The highest BCUT2D eigenvalue weighted by atomic mass is 19.1. The Labute approximate surface area is 146 Å². The number of esters is 1. The molecule has 0 bridgehead atoms. The van der Waals surface area contributed by atoms with Crippen LogP contribution >= 0.6 is 0 Å². The zero-order valence-corrected chi connectivity index (χ0v) is 13.7. The molecule has 2 rings (SSSR count). The average molecular weight is 362 g/mol. The van der Waals surface area contributed by atoms with Crippen LogP contribution in [-0.4, -0.2) is 34.9 Å². The summed E-state index contributed by atoms with van der Waals surface area (Å²) in [5, 5.41) is 12.4. The Bertz CT molecular complexity index is 905. The Hall–Kier alpha value is -3.49. The molecule has 0 aliphatic carbocycles. The SMILES string of the molecule is COC(=O)c1c(O)c(=O)c(C(=O)NCc2ccc(F)cc2)cn1CC=O. The second-order valence-electron chi connectivity index (χ2n) is 5.19. The molecular formula is C17H15FN2O6. The quantitative estimate of drug-likeness (QED) is 0.575. The molecule has 0 saturated carbocycles. The van der Waals surface area contributed by atoms with E-state index in [9.17, 15) is 28.7 Å². The number of amides is 1. The van der Waals surface area contributed by atoms with Gasteiger partial charge in [-0.15, -0.1) is 0 Å². The van der Waals surface area contributed by atoms with Crippen LogP contribution in [0.2, 0.25) is 0 Å². The van der Waals surface area contributed by atoms with Gasteiger partial charge in [0.1, 0.15) is 17.7 Å². The van der Waals surface area contributed by atoms with Crippen LogP contribution in [0.25, 0.3) is 0 Å². The summed E-state index contributed by atoms with van der Waals surface area (Å²) in [6.45, 7) is -0.373. The minimum absolute atomic E-state index is 0.00570. The van der Waals surface area contributed by atoms with Crippen molar-refractivity contribution >= 4 is 18.2 Å². The van der Waals surface area contributed by atoms with E-state index in [2.05, 4.69) is 10.1 Å². The molecule has 0 fully saturated rings. The summed E-state index contributed by atoms with van der Waals surface area (Å²) < 4.78 is 18.3. The van der Waals surface area contributed by atoms with Crippen molar-refractivity contribution in [3.63, 3.8) is 0 Å². The molecule has 0 unspecified atom stereocenters. The van der Waals surface area contributed by atoms with Crippen molar-refractivity contribution in [2.45, 2.75) is 13.1 Å². The summed E-state index contributed by atoms with van der Waals surface area (Å²) in [6.07, 6.45) is 1.42. The number of halogens is 1. The largest absolute Gasteiger partial charge is 0.502 e. The maximum Gasteiger partial charge on any atom is 0.358 e. The van der Waals surface area contributed by atoms with Gasteiger partial charge in [0.2, 0.25) is 5.43 Å². The number of pyridine rings is 1. The first-order valence-electron chi connectivity index (χ1n) is 7.40. The molecule has 136 valence electrons. The molecule has 0 saturated heterocycles. The Balaban J connectivity index is 2.34. The zero-order chi connectivity index (χ0) is 19.3. The van der Waals surface area contributed by atoms with Crippen LogP contribution in [0.5, 0.6) is 5.75 Å². The lowest BCUT2D eigenvalue weighted by Gasteiger charge is -2.13. The zero-order valence-electron chi connectivity index (χ0n) is 13.7. The molecular weight excluding hydrogens is 347 g/mol. The fourth-order valence-corrected chi connectivity index (χ4v) is 2.23. The predicted molar refractivity (Wildman–Crippen MR) is 87.3 cm³/mol. The number of carbonyl (C=O) groups excluding carboxylic acids is 3. The highest BCUT2D eigenvalue weighted by Gasteiger charge is 2.24. The van der Waals surface area contributed by atoms with E-state index in [0.717, 1.165) is 17.9 Å². The Morgan fingerprint density at radius 1 is 1.31 bits per heavy atom. The van der Waals surface area contributed by atoms with Gasteiger partial charge >= 0.3 is 5.97 Å². The molecule has 0 atom stereocenters. The van der Waals surface area contributed by atoms with E-state index in [1.165, 1.54) is 24.3 Å². The summed E-state index contributed by atoms with van der Waals surface area (Å²) in [4.78, 5) is 46.9. The fraction of sp³-hybridized carbons (Fsp3) is 0.176. The number of nitrogens with one attached hydrogen (secondary N) is 1. The van der Waals surface area contributed by atoms with Crippen molar-refractivity contribution in [3.8, 4) is 5.75 Å². The lowest BCUT2D eigenvalue weighted by atomic mass is 10.1. The smallest absolute Gasteiger partial charge is 0.358 e. The average Bonchev–Trinajstić information content (AvgIpc) is 2.63. The first-order valence-corrected chi connectivity index (χ1v) is 7.40. The molecule has 2 aromatic rings. The number of ether oxygens (including phenoxy) is 1. The highest BCUT2D eigenvalue weighted by Crippen LogP contribution is 2.15. The number of rotatable bonds is 6. The molecule has 1 amide bonds. The number of aldehydes is 1. The molecule has 1 heterocycles. The van der Waals surface area contributed by atoms with E-state index >= 15 is 0 Å². The summed E-state index contributed by atoms with van der Waals surface area (Å²) in [6, 6.07) is 5.35. The van der Waals surface area contributed by atoms with Crippen molar-refractivity contribution in [1.29, 1.82) is 0 Å². The topological polar surface area (TPSA) is 115 Å². The summed E-state index contributed by atoms with van der Waals surface area (Å²) in [7, 11) is 1.04. The molecule has 9 heteroatoms. The van der Waals surface area contributed by atoms with Crippen molar-refractivity contribution in [2.75, 3.05) is 7.11 Å². The molecule has 1 aromatic heterocycles. The van der Waals surface area contributed by atoms with Gasteiger partial charge in [-0.05, 0) is 17.7 Å². The van der Waals surface area contributed by atoms with Crippen molar-refractivity contribution in [3.05, 3.63) is 63.3 Å². The Kier molecular flexibility index (Phi) is 5.84. The molecule has 26 heavy (non-hydrogen) atoms. The lowest BCUT2D eigenvalue weighted by Crippen LogP contribution is -2.31. The van der Waals surface area contributed by atoms with E-state index in [1.807, 2.05) is 0 Å². The number of aromatic nitrogens is 1. The van der Waals surface area contributed by atoms with Crippen LogP contribution in [0.3, 0.4) is 0 Å². The number of carbonyl (C=O) groups is 3. The van der Waals surface area contributed by atoms with E-state index < -0.39 is 40.1 Å². The maximum absolute atomic E-state index is 12.9. The minimum Gasteiger partial charge on any atom is -0.502 e. The van der Waals surface area contributed by atoms with Crippen LogP contribution in [0.15, 0.2) is 35.3 Å². The second-order valence-corrected chi connectivity index (χ2v) is 5.19. The van der Waals surface area contributed by atoms with Crippen LogP contribution < -0.4 is 10.7 Å². The summed E-state index contributed by atoms with van der Waals surface area (Å²) in [5.41, 5.74) is -1.48. The first kappa shape index (κ1) is 18.8. The molecule has 1 aromatic carbocycles. The van der Waals surface area contributed by atoms with Crippen molar-refractivity contribution in [1.82, 2.24) is 9.88 Å². The maximum atomic E-state index is 12.9. The molecule has 0 aliphatic heterocycles. The van der Waals surface area contributed by atoms with Gasteiger partial charge in [-0.3, -0.25) is 9.59 Å². The number of hydrogen-bond donors (Lipinski definition) is 2. The molecule has 2 N–H and O–H groups in total. The van der Waals surface area contributed by atoms with E-state index in [-0.39, 0.29) is 13.1 Å². The van der Waals surface area contributed by atoms with Gasteiger partial charge < -0.3 is 24.5 Å². The standard InChI is InChI=1S/C17H15FN2O6/c1-26-17(25)13-15(23)14(22)12(9-20(13)6-7-21)16(24)19-8-10-2-4-11(18)5-3-10/h2-5,7,9,23H,6,8H2,1H3,(H,19,24). The number of benzene rings is 1.